The maximum atomic E-state index is 13.2. The van der Waals surface area contributed by atoms with Crippen molar-refractivity contribution in [2.75, 3.05) is 37.0 Å². The van der Waals surface area contributed by atoms with Gasteiger partial charge in [-0.05, 0) is 78.4 Å². The second-order valence-electron chi connectivity index (χ2n) is 12.8. The van der Waals surface area contributed by atoms with E-state index < -0.39 is 35.1 Å². The number of aromatic nitrogens is 1. The number of benzene rings is 4. The third-order valence-corrected chi connectivity index (χ3v) is 11.3. The second-order valence-corrected chi connectivity index (χ2v) is 14.9. The molecule has 1 fully saturated rings. The number of amides is 3. The van der Waals surface area contributed by atoms with Gasteiger partial charge < -0.3 is 30.2 Å². The molecule has 4 aliphatic rings. The quantitative estimate of drug-likeness (QED) is 0.0563. The van der Waals surface area contributed by atoms with Gasteiger partial charge in [0, 0.05) is 55.2 Å². The molecule has 0 aromatic heterocycles. The fraction of sp³-hybridized carbons (Fsp3) is 0.211. The van der Waals surface area contributed by atoms with E-state index in [4.69, 9.17) is 4.42 Å². The van der Waals surface area contributed by atoms with Gasteiger partial charge in [-0.3, -0.25) is 24.1 Å². The molecule has 55 heavy (non-hydrogen) atoms. The lowest BCUT2D eigenvalue weighted by molar-refractivity contribution is -0.150. The number of anilines is 1. The molecule has 280 valence electrons. The number of hydrogen-bond acceptors (Lipinski definition) is 13. The van der Waals surface area contributed by atoms with Crippen LogP contribution < -0.4 is 21.0 Å². The second kappa shape index (κ2) is 15.6. The van der Waals surface area contributed by atoms with Crippen LogP contribution in [-0.2, 0) is 14.4 Å². The number of aromatic hydroxyl groups is 1. The molecule has 17 heteroatoms. The molecular weight excluding hydrogens is 747 g/mol. The van der Waals surface area contributed by atoms with Crippen molar-refractivity contribution in [2.24, 2.45) is 10.2 Å². The van der Waals surface area contributed by atoms with Crippen molar-refractivity contribution in [3.63, 3.8) is 0 Å². The normalized spacial score (nSPS) is 16.6. The molecule has 4 N–H and O–H groups in total. The minimum Gasteiger partial charge on any atom is -0.507 e. The molecule has 3 heterocycles. The van der Waals surface area contributed by atoms with E-state index >= 15 is 0 Å². The van der Waals surface area contributed by atoms with Crippen molar-refractivity contribution in [3.8, 4) is 17.2 Å². The van der Waals surface area contributed by atoms with E-state index in [-0.39, 0.29) is 52.3 Å². The molecule has 0 radical (unpaired) electrons. The van der Waals surface area contributed by atoms with Crippen LogP contribution in [0.1, 0.15) is 16.8 Å². The Kier molecular flexibility index (Phi) is 10.6. The van der Waals surface area contributed by atoms with Crippen molar-refractivity contribution < 1.29 is 33.8 Å². The van der Waals surface area contributed by atoms with Crippen LogP contribution in [0.3, 0.4) is 0 Å². The Balaban J connectivity index is 0.925. The summed E-state index contributed by atoms with van der Waals surface area (Å²) < 4.78 is 5.77. The Labute approximate surface area is 321 Å². The Morgan fingerprint density at radius 2 is 1.71 bits per heavy atom. The van der Waals surface area contributed by atoms with Crippen LogP contribution in [0.4, 0.5) is 17.1 Å². The zero-order chi connectivity index (χ0) is 38.8. The van der Waals surface area contributed by atoms with Crippen molar-refractivity contribution in [2.45, 2.75) is 22.7 Å². The van der Waals surface area contributed by atoms with Gasteiger partial charge in [0.05, 0.1) is 11.4 Å². The van der Waals surface area contributed by atoms with Crippen molar-refractivity contribution in [1.82, 2.24) is 20.5 Å². The van der Waals surface area contributed by atoms with E-state index in [1.807, 2.05) is 67.5 Å². The Morgan fingerprint density at radius 1 is 1.00 bits per heavy atom. The first kappa shape index (κ1) is 37.1. The summed E-state index contributed by atoms with van der Waals surface area (Å²) in [6.45, 7) is -0.148. The highest BCUT2D eigenvalue weighted by Crippen LogP contribution is 2.42. The maximum Gasteiger partial charge on any atom is 0.352 e. The van der Waals surface area contributed by atoms with Crippen molar-refractivity contribution in [3.05, 3.63) is 106 Å². The number of carboxylic acid groups (broad SMARTS) is 1. The minimum atomic E-state index is -1.23. The summed E-state index contributed by atoms with van der Waals surface area (Å²) in [6, 6.07) is 21.0. The molecule has 3 aliphatic heterocycles. The van der Waals surface area contributed by atoms with E-state index in [0.717, 1.165) is 16.3 Å². The van der Waals surface area contributed by atoms with E-state index in [2.05, 4.69) is 25.8 Å². The number of thioether (sulfide) groups is 2. The zero-order valence-electron chi connectivity index (χ0n) is 29.4. The molecule has 1 aliphatic carbocycles. The smallest absolute Gasteiger partial charge is 0.352 e. The van der Waals surface area contributed by atoms with Crippen LogP contribution in [0.25, 0.3) is 22.6 Å². The molecule has 0 saturated carbocycles. The molecule has 0 spiro atoms. The highest BCUT2D eigenvalue weighted by atomic mass is 32.2. The van der Waals surface area contributed by atoms with Gasteiger partial charge >= 0.3 is 5.97 Å². The van der Waals surface area contributed by atoms with Gasteiger partial charge in [-0.2, -0.15) is 10.2 Å². The number of hydrogen-bond donors (Lipinski definition) is 4. The molecule has 15 nitrogen and oxygen atoms in total. The van der Waals surface area contributed by atoms with Crippen molar-refractivity contribution >= 4 is 75.4 Å². The average Bonchev–Trinajstić information content (AvgIpc) is 3.17. The molecule has 2 atom stereocenters. The van der Waals surface area contributed by atoms with Crippen LogP contribution in [0, 0.1) is 0 Å². The number of nitrogens with one attached hydrogen (secondary N) is 2. The summed E-state index contributed by atoms with van der Waals surface area (Å²) >= 11 is 2.80. The van der Waals surface area contributed by atoms with Gasteiger partial charge in [0.1, 0.15) is 39.6 Å². The third kappa shape index (κ3) is 7.88. The van der Waals surface area contributed by atoms with Crippen LogP contribution in [-0.4, -0.2) is 87.3 Å². The van der Waals surface area contributed by atoms with Gasteiger partial charge in [-0.25, -0.2) is 9.78 Å². The number of carboxylic acids is 1. The summed E-state index contributed by atoms with van der Waals surface area (Å²) in [4.78, 5) is 71.8. The summed E-state index contributed by atoms with van der Waals surface area (Å²) in [5, 5.41) is 33.8. The van der Waals surface area contributed by atoms with Gasteiger partial charge in [-0.1, -0.05) is 0 Å². The Bertz CT molecular complexity index is 2420. The summed E-state index contributed by atoms with van der Waals surface area (Å²) in [5.41, 5.74) is 3.06. The molecule has 3 aromatic carbocycles. The number of β-lactam (4-membered cyclic amide) rings is 1. The van der Waals surface area contributed by atoms with Gasteiger partial charge in [-0.15, -0.1) is 23.5 Å². The van der Waals surface area contributed by atoms with Gasteiger partial charge in [0.15, 0.2) is 16.8 Å². The van der Waals surface area contributed by atoms with E-state index in [1.54, 1.807) is 0 Å². The van der Waals surface area contributed by atoms with E-state index in [9.17, 15) is 34.2 Å². The fourth-order valence-corrected chi connectivity index (χ4v) is 8.39. The highest BCUT2D eigenvalue weighted by molar-refractivity contribution is 8.01. The molecule has 3 amide bonds. The first-order valence-corrected chi connectivity index (χ1v) is 19.0. The van der Waals surface area contributed by atoms with Crippen LogP contribution in [0.2, 0.25) is 0 Å². The molecule has 2 unspecified atom stereocenters. The number of carbonyl (C=O) groups excluding carboxylic acids is 3. The fourth-order valence-electron chi connectivity index (χ4n) is 6.01. The average molecular weight is 780 g/mol. The number of phenols is 1. The van der Waals surface area contributed by atoms with Crippen LogP contribution in [0.5, 0.6) is 5.75 Å². The number of fused-ring (bicyclic) bond motifs is 3. The van der Waals surface area contributed by atoms with Crippen LogP contribution >= 0.6 is 23.5 Å². The number of carbonyl (C=O) groups is 4. The molecule has 0 bridgehead atoms. The number of rotatable bonds is 12. The Morgan fingerprint density at radius 3 is 2.40 bits per heavy atom. The standard InChI is InChI=1S/C38H33N7O8S2/c1-44(2)23-7-3-21(4-8-23)42-43-22-5-10-25(11-6-22)54-18-20-19-55-37-32(36(50)45(37)33(20)38(51)52)41-30(48)15-16-39-35(49)31-28(47)14-13-27-34(31)53-29-17-24(46)9-12-26(29)40-27/h3-14,17,32,37,47H,15-16,18-19H2,1-2H3,(H,39,49)(H,41,48)(H,51,52). The number of phenolic OH excluding ortho intramolecular Hbond substituents is 1. The molecule has 1 saturated heterocycles. The maximum absolute atomic E-state index is 13.2. The first-order valence-electron chi connectivity index (χ1n) is 16.9. The topological polar surface area (TPSA) is 207 Å². The summed E-state index contributed by atoms with van der Waals surface area (Å²) in [7, 11) is 3.93. The van der Waals surface area contributed by atoms with Crippen LogP contribution in [0.15, 0.2) is 114 Å². The van der Waals surface area contributed by atoms with Gasteiger partial charge in [0.2, 0.25) is 5.91 Å². The first-order chi connectivity index (χ1) is 26.5. The summed E-state index contributed by atoms with van der Waals surface area (Å²) in [5.74, 6) is -2.59. The van der Waals surface area contributed by atoms with E-state index in [0.29, 0.717) is 28.5 Å². The lowest BCUT2D eigenvalue weighted by Gasteiger charge is -2.49. The van der Waals surface area contributed by atoms with Crippen molar-refractivity contribution in [1.29, 1.82) is 0 Å². The summed E-state index contributed by atoms with van der Waals surface area (Å²) in [6.07, 6.45) is -0.205. The largest absolute Gasteiger partial charge is 0.507 e. The monoisotopic (exact) mass is 779 g/mol. The molecule has 3 aromatic rings. The minimum absolute atomic E-state index is 0.0339. The third-order valence-electron chi connectivity index (χ3n) is 8.83. The SMILES string of the molecule is CN(C)c1ccc(N=Nc2ccc(SCC3=C(C(=O)O)N4C(=O)C(NC(=O)CCNC(=O)c5c(O)ccc6nc7ccc(=O)cc-7oc56)C4SC3)cc2)cc1. The Hall–Kier alpha value is -6.20. The lowest BCUT2D eigenvalue weighted by atomic mass is 10.0. The predicted octanol–water partition coefficient (Wildman–Crippen LogP) is 5.13. The van der Waals surface area contributed by atoms with E-state index in [1.165, 1.54) is 58.8 Å². The zero-order valence-corrected chi connectivity index (χ0v) is 31.0. The molecule has 7 rings (SSSR count). The number of aliphatic carboxylic acids is 1. The number of azo groups is 1. The molecular formula is C38H33N7O8S2. The lowest BCUT2D eigenvalue weighted by Crippen LogP contribution is -2.70. The highest BCUT2D eigenvalue weighted by Gasteiger charge is 2.54. The number of nitrogens with zero attached hydrogens (tertiary/aromatic N) is 5. The van der Waals surface area contributed by atoms with Gasteiger partial charge in [0.25, 0.3) is 11.8 Å². The predicted molar refractivity (Wildman–Crippen MR) is 207 cm³/mol.